The number of carbonyl (C=O) groups is 1. The lowest BCUT2D eigenvalue weighted by atomic mass is 10.1. The summed E-state index contributed by atoms with van der Waals surface area (Å²) >= 11 is 0. The molecule has 0 fully saturated rings. The van der Waals surface area contributed by atoms with Crippen LogP contribution in [0.5, 0.6) is 0 Å². The van der Waals surface area contributed by atoms with Crippen LogP contribution in [0, 0.1) is 5.92 Å². The van der Waals surface area contributed by atoms with Crippen molar-refractivity contribution in [3.8, 4) is 0 Å². The number of aliphatic hydroxyl groups excluding tert-OH is 1. The molecule has 0 saturated heterocycles. The number of amides is 1. The van der Waals surface area contributed by atoms with Gasteiger partial charge in [0.25, 0.3) is 0 Å². The van der Waals surface area contributed by atoms with Crippen LogP contribution in [-0.4, -0.2) is 30.7 Å². The number of rotatable bonds is 6. The molecule has 0 aliphatic rings. The summed E-state index contributed by atoms with van der Waals surface area (Å²) in [4.78, 5) is 10.9. The molecule has 0 bridgehead atoms. The number of nitrogens with two attached hydrogens (primary N) is 1. The van der Waals surface area contributed by atoms with E-state index in [4.69, 9.17) is 10.8 Å². The predicted molar refractivity (Wildman–Crippen MR) is 47.5 cm³/mol. The molecule has 4 heteroatoms. The van der Waals surface area contributed by atoms with Crippen LogP contribution in [-0.2, 0) is 4.79 Å². The van der Waals surface area contributed by atoms with E-state index in [1.165, 1.54) is 0 Å². The third-order valence-corrected chi connectivity index (χ3v) is 1.64. The smallest absolute Gasteiger partial charge is 0.221 e. The Labute approximate surface area is 73.1 Å². The molecule has 1 amide bonds. The molecule has 0 aliphatic heterocycles. The normalized spacial score (nSPS) is 12.6. The van der Waals surface area contributed by atoms with Crippen LogP contribution in [0.1, 0.15) is 19.8 Å². The second-order valence-corrected chi connectivity index (χ2v) is 2.96. The largest absolute Gasteiger partial charge is 0.396 e. The monoisotopic (exact) mass is 174 g/mol. The van der Waals surface area contributed by atoms with Gasteiger partial charge in [-0.05, 0) is 12.3 Å². The Hall–Kier alpha value is -0.610. The highest BCUT2D eigenvalue weighted by Crippen LogP contribution is 1.97. The van der Waals surface area contributed by atoms with Gasteiger partial charge in [-0.1, -0.05) is 6.92 Å². The number of aliphatic hydroxyl groups is 1. The van der Waals surface area contributed by atoms with Crippen molar-refractivity contribution < 1.29 is 9.90 Å². The first-order chi connectivity index (χ1) is 5.70. The highest BCUT2D eigenvalue weighted by atomic mass is 16.3. The molecule has 1 unspecified atom stereocenters. The molecule has 0 radical (unpaired) electrons. The lowest BCUT2D eigenvalue weighted by Gasteiger charge is -2.10. The first kappa shape index (κ1) is 11.4. The highest BCUT2D eigenvalue weighted by Gasteiger charge is 2.03. The Kier molecular flexibility index (Phi) is 6.70. The van der Waals surface area contributed by atoms with Crippen LogP contribution < -0.4 is 11.1 Å². The first-order valence-corrected chi connectivity index (χ1v) is 4.28. The zero-order valence-electron chi connectivity index (χ0n) is 7.55. The summed E-state index contributed by atoms with van der Waals surface area (Å²) in [5.74, 6) is 0.319. The maximum absolute atomic E-state index is 10.9. The van der Waals surface area contributed by atoms with Crippen LogP contribution in [0.4, 0.5) is 0 Å². The Bertz CT molecular complexity index is 128. The summed E-state index contributed by atoms with van der Waals surface area (Å²) in [6.07, 6.45) is 1.11. The van der Waals surface area contributed by atoms with Crippen molar-refractivity contribution in [2.24, 2.45) is 11.7 Å². The maximum atomic E-state index is 10.9. The van der Waals surface area contributed by atoms with E-state index < -0.39 is 0 Å². The Balaban J connectivity index is 3.33. The summed E-state index contributed by atoms with van der Waals surface area (Å²) in [5, 5.41) is 11.3. The van der Waals surface area contributed by atoms with E-state index in [0.717, 1.165) is 6.42 Å². The minimum Gasteiger partial charge on any atom is -0.396 e. The van der Waals surface area contributed by atoms with Crippen molar-refractivity contribution >= 4 is 5.91 Å². The number of hydrogen-bond donors (Lipinski definition) is 3. The van der Waals surface area contributed by atoms with Crippen molar-refractivity contribution in [3.63, 3.8) is 0 Å². The third-order valence-electron chi connectivity index (χ3n) is 1.64. The van der Waals surface area contributed by atoms with Gasteiger partial charge in [0.05, 0.1) is 0 Å². The average Bonchev–Trinajstić information content (AvgIpc) is 2.02. The van der Waals surface area contributed by atoms with Gasteiger partial charge in [0, 0.05) is 26.1 Å². The molecule has 0 aromatic carbocycles. The summed E-state index contributed by atoms with van der Waals surface area (Å²) in [7, 11) is 0. The van der Waals surface area contributed by atoms with Gasteiger partial charge < -0.3 is 16.2 Å². The van der Waals surface area contributed by atoms with Crippen molar-refractivity contribution in [2.45, 2.75) is 19.8 Å². The van der Waals surface area contributed by atoms with Gasteiger partial charge in [-0.25, -0.2) is 0 Å². The molecule has 1 atom stereocenters. The second-order valence-electron chi connectivity index (χ2n) is 2.96. The molecular weight excluding hydrogens is 156 g/mol. The lowest BCUT2D eigenvalue weighted by Crippen LogP contribution is -2.29. The van der Waals surface area contributed by atoms with E-state index in [2.05, 4.69) is 5.32 Å². The van der Waals surface area contributed by atoms with Gasteiger partial charge >= 0.3 is 0 Å². The maximum Gasteiger partial charge on any atom is 0.221 e. The zero-order valence-corrected chi connectivity index (χ0v) is 7.55. The summed E-state index contributed by atoms with van der Waals surface area (Å²) < 4.78 is 0. The molecule has 4 nitrogen and oxygen atoms in total. The number of hydrogen-bond acceptors (Lipinski definition) is 3. The van der Waals surface area contributed by atoms with E-state index in [1.807, 2.05) is 6.92 Å². The van der Waals surface area contributed by atoms with Crippen molar-refractivity contribution in [2.75, 3.05) is 19.7 Å². The molecule has 0 heterocycles. The van der Waals surface area contributed by atoms with E-state index in [0.29, 0.717) is 25.4 Å². The summed E-state index contributed by atoms with van der Waals surface area (Å²) in [6, 6.07) is 0. The lowest BCUT2D eigenvalue weighted by molar-refractivity contribution is -0.121. The van der Waals surface area contributed by atoms with Gasteiger partial charge in [-0.2, -0.15) is 0 Å². The molecule has 72 valence electrons. The molecule has 0 aliphatic carbocycles. The third kappa shape index (κ3) is 6.12. The number of carbonyl (C=O) groups excluding carboxylic acids is 1. The molecule has 0 rings (SSSR count). The van der Waals surface area contributed by atoms with Crippen molar-refractivity contribution in [3.05, 3.63) is 0 Å². The van der Waals surface area contributed by atoms with Gasteiger partial charge in [-0.15, -0.1) is 0 Å². The molecule has 4 N–H and O–H groups in total. The van der Waals surface area contributed by atoms with Gasteiger partial charge in [-0.3, -0.25) is 4.79 Å². The van der Waals surface area contributed by atoms with Crippen LogP contribution in [0.25, 0.3) is 0 Å². The number of nitrogens with one attached hydrogen (secondary N) is 1. The molecule has 12 heavy (non-hydrogen) atoms. The quantitative estimate of drug-likeness (QED) is 0.506. The minimum absolute atomic E-state index is 0.0118. The molecule has 0 aromatic heterocycles. The molecule has 0 saturated carbocycles. The molecule has 0 aromatic rings. The molecule has 0 spiro atoms. The predicted octanol–water partition coefficient (Wildman–Crippen LogP) is -0.530. The first-order valence-electron chi connectivity index (χ1n) is 4.28. The SMILES string of the molecule is CC(CCO)CNC(=O)CCN. The Morgan fingerprint density at radius 2 is 2.33 bits per heavy atom. The fourth-order valence-corrected chi connectivity index (χ4v) is 0.830. The van der Waals surface area contributed by atoms with Crippen molar-refractivity contribution in [1.82, 2.24) is 5.32 Å². The second kappa shape index (κ2) is 7.06. The standard InChI is InChI=1S/C8H18N2O2/c1-7(3-5-11)6-10-8(12)2-4-9/h7,11H,2-6,9H2,1H3,(H,10,12). The van der Waals surface area contributed by atoms with Crippen LogP contribution in [0.2, 0.25) is 0 Å². The topological polar surface area (TPSA) is 75.3 Å². The van der Waals surface area contributed by atoms with E-state index >= 15 is 0 Å². The van der Waals surface area contributed by atoms with Gasteiger partial charge in [0.2, 0.25) is 5.91 Å². The summed E-state index contributed by atoms with van der Waals surface area (Å²) in [5.41, 5.74) is 5.19. The van der Waals surface area contributed by atoms with E-state index in [-0.39, 0.29) is 12.5 Å². The van der Waals surface area contributed by atoms with Crippen LogP contribution >= 0.6 is 0 Å². The fraction of sp³-hybridized carbons (Fsp3) is 0.875. The fourth-order valence-electron chi connectivity index (χ4n) is 0.830. The van der Waals surface area contributed by atoms with E-state index in [9.17, 15) is 4.79 Å². The minimum atomic E-state index is -0.0118. The van der Waals surface area contributed by atoms with E-state index in [1.54, 1.807) is 0 Å². The Morgan fingerprint density at radius 1 is 1.67 bits per heavy atom. The molecular formula is C8H18N2O2. The van der Waals surface area contributed by atoms with Gasteiger partial charge in [0.15, 0.2) is 0 Å². The summed E-state index contributed by atoms with van der Waals surface area (Å²) in [6.45, 7) is 3.17. The van der Waals surface area contributed by atoms with Crippen LogP contribution in [0.3, 0.4) is 0 Å². The van der Waals surface area contributed by atoms with Crippen molar-refractivity contribution in [1.29, 1.82) is 0 Å². The van der Waals surface area contributed by atoms with Crippen LogP contribution in [0.15, 0.2) is 0 Å². The highest BCUT2D eigenvalue weighted by molar-refractivity contribution is 5.75. The average molecular weight is 174 g/mol. The van der Waals surface area contributed by atoms with Gasteiger partial charge in [0.1, 0.15) is 0 Å². The Morgan fingerprint density at radius 3 is 2.83 bits per heavy atom. The zero-order chi connectivity index (χ0) is 9.40.